The Hall–Kier alpha value is -0.340. The highest BCUT2D eigenvalue weighted by molar-refractivity contribution is 9.10. The lowest BCUT2D eigenvalue weighted by Gasteiger charge is -2.41. The molecule has 1 nitrogen and oxygen atoms in total. The molecule has 0 bridgehead atoms. The molecule has 0 aromatic heterocycles. The van der Waals surface area contributed by atoms with Gasteiger partial charge in [-0.15, -0.1) is 0 Å². The molecule has 1 aliphatic carbocycles. The predicted octanol–water partition coefficient (Wildman–Crippen LogP) is 3.08. The van der Waals surface area contributed by atoms with Crippen LogP contribution in [0.25, 0.3) is 0 Å². The summed E-state index contributed by atoms with van der Waals surface area (Å²) < 4.78 is 1.11. The van der Waals surface area contributed by atoms with E-state index >= 15 is 0 Å². The normalized spacial score (nSPS) is 32.7. The molecule has 2 heteroatoms. The van der Waals surface area contributed by atoms with Gasteiger partial charge in [-0.25, -0.2) is 0 Å². The molecule has 1 saturated carbocycles. The predicted molar refractivity (Wildman–Crippen MR) is 56.7 cm³/mol. The van der Waals surface area contributed by atoms with E-state index in [1.54, 1.807) is 0 Å². The molecule has 0 atom stereocenters. The van der Waals surface area contributed by atoms with Gasteiger partial charge in [0.1, 0.15) is 0 Å². The Morgan fingerprint density at radius 1 is 1.31 bits per heavy atom. The first-order valence-corrected chi connectivity index (χ1v) is 5.34. The van der Waals surface area contributed by atoms with Crippen LogP contribution in [0.2, 0.25) is 0 Å². The van der Waals surface area contributed by atoms with E-state index in [0.717, 1.165) is 17.3 Å². The van der Waals surface area contributed by atoms with Gasteiger partial charge >= 0.3 is 0 Å². The van der Waals surface area contributed by atoms with Gasteiger partial charge in [-0.2, -0.15) is 0 Å². The van der Waals surface area contributed by atoms with Gasteiger partial charge in [0.15, 0.2) is 0 Å². The summed E-state index contributed by atoms with van der Waals surface area (Å²) in [5.74, 6) is 0.558. The fourth-order valence-electron chi connectivity index (χ4n) is 1.97. The lowest BCUT2D eigenvalue weighted by molar-refractivity contribution is -0.0313. The minimum atomic E-state index is -0.419. The maximum atomic E-state index is 9.59. The van der Waals surface area contributed by atoms with Gasteiger partial charge in [0.25, 0.3) is 0 Å². The van der Waals surface area contributed by atoms with Crippen molar-refractivity contribution in [3.05, 3.63) is 34.3 Å². The number of rotatable bonds is 1. The van der Waals surface area contributed by atoms with Crippen molar-refractivity contribution in [3.8, 4) is 0 Å². The summed E-state index contributed by atoms with van der Waals surface area (Å²) in [5, 5.41) is 9.59. The maximum absolute atomic E-state index is 9.59. The molecule has 1 fully saturated rings. The van der Waals surface area contributed by atoms with E-state index in [2.05, 4.69) is 40.2 Å². The number of hydrogen-bond acceptors (Lipinski definition) is 1. The van der Waals surface area contributed by atoms with Gasteiger partial charge in [0.2, 0.25) is 0 Å². The van der Waals surface area contributed by atoms with Crippen molar-refractivity contribution in [3.63, 3.8) is 0 Å². The molecule has 1 aliphatic rings. The molecule has 0 aliphatic heterocycles. The van der Waals surface area contributed by atoms with Crippen molar-refractivity contribution in [2.24, 2.45) is 0 Å². The van der Waals surface area contributed by atoms with E-state index in [0.29, 0.717) is 5.92 Å². The monoisotopic (exact) mass is 240 g/mol. The average molecular weight is 241 g/mol. The second-order valence-electron chi connectivity index (χ2n) is 4.15. The van der Waals surface area contributed by atoms with Crippen LogP contribution in [0.5, 0.6) is 0 Å². The highest BCUT2D eigenvalue weighted by Crippen LogP contribution is 2.44. The number of hydrogen-bond donors (Lipinski definition) is 1. The summed E-state index contributed by atoms with van der Waals surface area (Å²) in [6, 6.07) is 8.37. The van der Waals surface area contributed by atoms with Gasteiger partial charge < -0.3 is 5.11 Å². The van der Waals surface area contributed by atoms with Gasteiger partial charge in [0.05, 0.1) is 5.60 Å². The molecule has 1 N–H and O–H groups in total. The molecular formula is C11H13BrO. The number of benzene rings is 1. The average Bonchev–Trinajstić information content (AvgIpc) is 2.01. The van der Waals surface area contributed by atoms with Crippen LogP contribution in [-0.4, -0.2) is 10.7 Å². The van der Waals surface area contributed by atoms with Crippen LogP contribution in [0.3, 0.4) is 0 Å². The van der Waals surface area contributed by atoms with Crippen LogP contribution in [0.1, 0.15) is 31.2 Å². The van der Waals surface area contributed by atoms with Gasteiger partial charge in [-0.1, -0.05) is 28.1 Å². The van der Waals surface area contributed by atoms with E-state index in [9.17, 15) is 5.11 Å². The van der Waals surface area contributed by atoms with Crippen LogP contribution >= 0.6 is 15.9 Å². The van der Waals surface area contributed by atoms with Crippen molar-refractivity contribution in [1.29, 1.82) is 0 Å². The van der Waals surface area contributed by atoms with Crippen LogP contribution in [0, 0.1) is 0 Å². The topological polar surface area (TPSA) is 20.2 Å². The molecule has 70 valence electrons. The fourth-order valence-corrected chi connectivity index (χ4v) is 2.24. The number of halogens is 1. The van der Waals surface area contributed by atoms with Crippen molar-refractivity contribution in [1.82, 2.24) is 0 Å². The third kappa shape index (κ3) is 1.94. The maximum Gasteiger partial charge on any atom is 0.0631 e. The summed E-state index contributed by atoms with van der Waals surface area (Å²) in [4.78, 5) is 0. The second-order valence-corrected chi connectivity index (χ2v) is 5.07. The Morgan fingerprint density at radius 2 is 1.85 bits per heavy atom. The first-order valence-electron chi connectivity index (χ1n) is 4.55. The van der Waals surface area contributed by atoms with Gasteiger partial charge in [-0.3, -0.25) is 0 Å². The molecule has 0 spiro atoms. The highest BCUT2D eigenvalue weighted by atomic mass is 79.9. The standard InChI is InChI=1S/C11H13BrO/c1-11(13)6-9(7-11)8-2-4-10(12)5-3-8/h2-5,9,13H,6-7H2,1H3. The SMILES string of the molecule is CC1(O)CC(c2ccc(Br)cc2)C1. The van der Waals surface area contributed by atoms with Crippen molar-refractivity contribution in [2.75, 3.05) is 0 Å². The van der Waals surface area contributed by atoms with Crippen LogP contribution in [0.4, 0.5) is 0 Å². The zero-order chi connectivity index (χ0) is 9.47. The summed E-state index contributed by atoms with van der Waals surface area (Å²) in [6.07, 6.45) is 1.79. The molecule has 13 heavy (non-hydrogen) atoms. The molecule has 0 heterocycles. The zero-order valence-corrected chi connectivity index (χ0v) is 9.21. The Kier molecular flexibility index (Phi) is 2.20. The molecule has 1 aromatic carbocycles. The van der Waals surface area contributed by atoms with E-state index in [1.807, 2.05) is 6.92 Å². The summed E-state index contributed by atoms with van der Waals surface area (Å²) in [6.45, 7) is 1.91. The minimum Gasteiger partial charge on any atom is -0.390 e. The summed E-state index contributed by atoms with van der Waals surface area (Å²) in [5.41, 5.74) is 0.923. The second kappa shape index (κ2) is 3.10. The van der Waals surface area contributed by atoms with Crippen molar-refractivity contribution >= 4 is 15.9 Å². The Labute approximate surface area is 86.9 Å². The van der Waals surface area contributed by atoms with E-state index in [-0.39, 0.29) is 0 Å². The molecule has 0 radical (unpaired) electrons. The molecule has 1 aromatic rings. The Bertz CT molecular complexity index is 294. The first-order chi connectivity index (χ1) is 6.07. The third-order valence-corrected chi connectivity index (χ3v) is 3.24. The molecule has 2 rings (SSSR count). The van der Waals surface area contributed by atoms with Crippen LogP contribution in [0.15, 0.2) is 28.7 Å². The highest BCUT2D eigenvalue weighted by Gasteiger charge is 2.38. The molecular weight excluding hydrogens is 228 g/mol. The molecule has 0 saturated heterocycles. The largest absolute Gasteiger partial charge is 0.390 e. The van der Waals surface area contributed by atoms with E-state index < -0.39 is 5.60 Å². The lowest BCUT2D eigenvalue weighted by atomic mass is 9.69. The van der Waals surface area contributed by atoms with Crippen molar-refractivity contribution < 1.29 is 5.11 Å². The lowest BCUT2D eigenvalue weighted by Crippen LogP contribution is -2.39. The first kappa shape index (κ1) is 9.22. The molecule has 0 unspecified atom stereocenters. The third-order valence-electron chi connectivity index (χ3n) is 2.71. The number of aliphatic hydroxyl groups is 1. The summed E-state index contributed by atoms with van der Waals surface area (Å²) in [7, 11) is 0. The zero-order valence-electron chi connectivity index (χ0n) is 7.63. The fraction of sp³-hybridized carbons (Fsp3) is 0.455. The van der Waals surface area contributed by atoms with E-state index in [4.69, 9.17) is 0 Å². The van der Waals surface area contributed by atoms with Crippen molar-refractivity contribution in [2.45, 2.75) is 31.3 Å². The van der Waals surface area contributed by atoms with Crippen LogP contribution in [-0.2, 0) is 0 Å². The van der Waals surface area contributed by atoms with E-state index in [1.165, 1.54) is 5.56 Å². The van der Waals surface area contributed by atoms with Crippen LogP contribution < -0.4 is 0 Å². The van der Waals surface area contributed by atoms with Gasteiger partial charge in [0, 0.05) is 4.47 Å². The summed E-state index contributed by atoms with van der Waals surface area (Å²) >= 11 is 3.41. The van der Waals surface area contributed by atoms with Gasteiger partial charge in [-0.05, 0) is 43.4 Å². The quantitative estimate of drug-likeness (QED) is 0.801. The Morgan fingerprint density at radius 3 is 2.31 bits per heavy atom. The Balaban J connectivity index is 2.08. The molecule has 0 amide bonds. The smallest absolute Gasteiger partial charge is 0.0631 e. The minimum absolute atomic E-state index is 0.419.